The molecule has 1 atom stereocenters. The molecule has 0 saturated carbocycles. The number of ketones is 1. The van der Waals surface area contributed by atoms with Crippen molar-refractivity contribution < 1.29 is 14.3 Å². The van der Waals surface area contributed by atoms with Gasteiger partial charge in [-0.25, -0.2) is 0 Å². The molecule has 1 aliphatic heterocycles. The van der Waals surface area contributed by atoms with Crippen molar-refractivity contribution in [2.45, 2.75) is 44.2 Å². The van der Waals surface area contributed by atoms with E-state index in [-0.39, 0.29) is 10.4 Å². The van der Waals surface area contributed by atoms with E-state index in [4.69, 9.17) is 9.47 Å². The summed E-state index contributed by atoms with van der Waals surface area (Å²) in [6, 6.07) is 0. The lowest BCUT2D eigenvalue weighted by molar-refractivity contribution is -0.150. The predicted octanol–water partition coefficient (Wildman–Crippen LogP) is 2.54. The topological polar surface area (TPSA) is 35.5 Å². The van der Waals surface area contributed by atoms with Gasteiger partial charge in [-0.3, -0.25) is 4.79 Å². The van der Waals surface area contributed by atoms with Crippen LogP contribution in [0.25, 0.3) is 0 Å². The molecule has 5 heteroatoms. The van der Waals surface area contributed by atoms with Crippen LogP contribution in [0.5, 0.6) is 0 Å². The molecule has 3 nitrogen and oxygen atoms in total. The average molecular weight is 264 g/mol. The van der Waals surface area contributed by atoms with Gasteiger partial charge in [-0.1, -0.05) is 13.8 Å². The molecule has 0 unspecified atom stereocenters. The van der Waals surface area contributed by atoms with Gasteiger partial charge < -0.3 is 9.47 Å². The van der Waals surface area contributed by atoms with Gasteiger partial charge >= 0.3 is 0 Å². The van der Waals surface area contributed by atoms with Crippen molar-refractivity contribution in [2.75, 3.05) is 18.1 Å². The molecule has 0 bridgehead atoms. The van der Waals surface area contributed by atoms with E-state index in [0.29, 0.717) is 6.61 Å². The fourth-order valence-electron chi connectivity index (χ4n) is 1.49. The number of carbonyl (C=O) groups excluding carboxylic acids is 1. The Balaban J connectivity index is 2.54. The number of rotatable bonds is 6. The monoisotopic (exact) mass is 264 g/mol. The van der Waals surface area contributed by atoms with Crippen LogP contribution in [0.1, 0.15) is 27.7 Å². The van der Waals surface area contributed by atoms with Crippen molar-refractivity contribution in [3.8, 4) is 0 Å². The Hall–Kier alpha value is 0.290. The molecule has 1 fully saturated rings. The minimum Gasteiger partial charge on any atom is -0.347 e. The van der Waals surface area contributed by atoms with Crippen LogP contribution in [0.4, 0.5) is 0 Å². The highest BCUT2D eigenvalue weighted by atomic mass is 32.2. The zero-order valence-electron chi connectivity index (χ0n) is 10.3. The first-order valence-electron chi connectivity index (χ1n) is 5.59. The van der Waals surface area contributed by atoms with Crippen LogP contribution in [-0.2, 0) is 14.3 Å². The van der Waals surface area contributed by atoms with Crippen LogP contribution in [0.2, 0.25) is 0 Å². The first kappa shape index (κ1) is 14.4. The van der Waals surface area contributed by atoms with Gasteiger partial charge in [0.2, 0.25) is 0 Å². The van der Waals surface area contributed by atoms with Crippen LogP contribution in [0.3, 0.4) is 0 Å². The van der Waals surface area contributed by atoms with Gasteiger partial charge in [0.25, 0.3) is 0 Å². The van der Waals surface area contributed by atoms with E-state index in [1.807, 2.05) is 13.8 Å². The van der Waals surface area contributed by atoms with Gasteiger partial charge in [0.1, 0.15) is 10.7 Å². The highest BCUT2D eigenvalue weighted by Crippen LogP contribution is 2.30. The molecule has 0 spiro atoms. The highest BCUT2D eigenvalue weighted by molar-refractivity contribution is 8.18. The number of hydrogen-bond donors (Lipinski definition) is 0. The smallest absolute Gasteiger partial charge is 0.186 e. The number of Topliss-reactive ketones (excluding diaryl/α,β-unsaturated/α-hetero) is 1. The fraction of sp³-hybridized carbons (Fsp3) is 0.909. The molecule has 94 valence electrons. The minimum atomic E-state index is -0.612. The molecule has 1 saturated heterocycles. The summed E-state index contributed by atoms with van der Waals surface area (Å²) in [6.07, 6.45) is -0.391. The van der Waals surface area contributed by atoms with Crippen LogP contribution in [0.15, 0.2) is 0 Å². The lowest BCUT2D eigenvalue weighted by Gasteiger charge is -2.19. The molecule has 0 aromatic heterocycles. The van der Waals surface area contributed by atoms with E-state index in [9.17, 15) is 4.79 Å². The first-order chi connectivity index (χ1) is 7.50. The summed E-state index contributed by atoms with van der Waals surface area (Å²) in [5, 5.41) is 0. The molecule has 0 aliphatic carbocycles. The van der Waals surface area contributed by atoms with E-state index >= 15 is 0 Å². The Kier molecular flexibility index (Phi) is 5.64. The molecule has 0 aromatic rings. The third kappa shape index (κ3) is 3.95. The predicted molar refractivity (Wildman–Crippen MR) is 70.0 cm³/mol. The summed E-state index contributed by atoms with van der Waals surface area (Å²) in [5.74, 6) is 1.43. The summed E-state index contributed by atoms with van der Waals surface area (Å²) in [7, 11) is 0. The molecule has 0 amide bonds. The summed E-state index contributed by atoms with van der Waals surface area (Å²) < 4.78 is 11.0. The van der Waals surface area contributed by atoms with Crippen LogP contribution < -0.4 is 0 Å². The van der Waals surface area contributed by atoms with Gasteiger partial charge in [-0.2, -0.15) is 0 Å². The van der Waals surface area contributed by atoms with Gasteiger partial charge in [0.05, 0.1) is 6.61 Å². The molecule has 1 heterocycles. The molecule has 0 N–H and O–H groups in total. The van der Waals surface area contributed by atoms with E-state index < -0.39 is 11.9 Å². The highest BCUT2D eigenvalue weighted by Gasteiger charge is 2.39. The summed E-state index contributed by atoms with van der Waals surface area (Å²) in [6.45, 7) is 8.20. The molecular weight excluding hydrogens is 244 g/mol. The Labute approximate surface area is 106 Å². The fourth-order valence-corrected chi connectivity index (χ4v) is 3.93. The van der Waals surface area contributed by atoms with Crippen molar-refractivity contribution >= 4 is 29.3 Å². The van der Waals surface area contributed by atoms with Crippen LogP contribution in [-0.4, -0.2) is 40.4 Å². The third-order valence-electron chi connectivity index (χ3n) is 2.19. The van der Waals surface area contributed by atoms with Crippen molar-refractivity contribution in [1.29, 1.82) is 0 Å². The molecule has 16 heavy (non-hydrogen) atoms. The Morgan fingerprint density at radius 1 is 1.38 bits per heavy atom. The Morgan fingerprint density at radius 2 is 1.94 bits per heavy atom. The number of ether oxygens (including phenoxy) is 2. The first-order valence-corrected chi connectivity index (χ1v) is 7.68. The lowest BCUT2D eigenvalue weighted by Crippen LogP contribution is -2.32. The molecule has 0 aromatic carbocycles. The quantitative estimate of drug-likeness (QED) is 0.689. The average Bonchev–Trinajstić information content (AvgIpc) is 2.57. The van der Waals surface area contributed by atoms with Crippen molar-refractivity contribution in [3.05, 3.63) is 0 Å². The Morgan fingerprint density at radius 3 is 2.31 bits per heavy atom. The van der Waals surface area contributed by atoms with Gasteiger partial charge in [-0.05, 0) is 25.4 Å². The largest absolute Gasteiger partial charge is 0.347 e. The maximum absolute atomic E-state index is 12.2. The summed E-state index contributed by atoms with van der Waals surface area (Å²) >= 11 is 3.35. The molecule has 1 rings (SSSR count). The van der Waals surface area contributed by atoms with Crippen molar-refractivity contribution in [2.24, 2.45) is 0 Å². The second-order valence-corrected chi connectivity index (χ2v) is 7.02. The van der Waals surface area contributed by atoms with E-state index in [0.717, 1.165) is 11.5 Å². The standard InChI is InChI=1S/C11H20O3S2/c1-5-15-10(16-6-2)9(12)8-7-13-11(3,4)14-8/h8,10H,5-7H2,1-4H3/t8-/m1/s1. The normalized spacial score (nSPS) is 23.9. The van der Waals surface area contributed by atoms with Gasteiger partial charge in [0.15, 0.2) is 11.6 Å². The number of thioether (sulfide) groups is 2. The maximum Gasteiger partial charge on any atom is 0.186 e. The van der Waals surface area contributed by atoms with Crippen molar-refractivity contribution in [3.63, 3.8) is 0 Å². The minimum absolute atomic E-state index is 0.0162. The lowest BCUT2D eigenvalue weighted by atomic mass is 10.3. The molecule has 1 aliphatic rings. The number of carbonyl (C=O) groups is 1. The van der Waals surface area contributed by atoms with E-state index in [1.54, 1.807) is 23.5 Å². The zero-order chi connectivity index (χ0) is 12.2. The van der Waals surface area contributed by atoms with Gasteiger partial charge in [0, 0.05) is 0 Å². The van der Waals surface area contributed by atoms with Crippen molar-refractivity contribution in [1.82, 2.24) is 0 Å². The number of hydrogen-bond acceptors (Lipinski definition) is 5. The van der Waals surface area contributed by atoms with Crippen LogP contribution >= 0.6 is 23.5 Å². The van der Waals surface area contributed by atoms with E-state index in [1.165, 1.54) is 0 Å². The van der Waals surface area contributed by atoms with Gasteiger partial charge in [-0.15, -0.1) is 23.5 Å². The summed E-state index contributed by atoms with van der Waals surface area (Å²) in [5.41, 5.74) is 0. The molecule has 0 radical (unpaired) electrons. The second kappa shape index (κ2) is 6.28. The second-order valence-electron chi connectivity index (χ2n) is 3.96. The van der Waals surface area contributed by atoms with Crippen LogP contribution in [0, 0.1) is 0 Å². The Bertz CT molecular complexity index is 233. The molecular formula is C11H20O3S2. The zero-order valence-corrected chi connectivity index (χ0v) is 12.0. The maximum atomic E-state index is 12.2. The third-order valence-corrected chi connectivity index (χ3v) is 4.75. The van der Waals surface area contributed by atoms with E-state index in [2.05, 4.69) is 13.8 Å². The summed E-state index contributed by atoms with van der Waals surface area (Å²) in [4.78, 5) is 12.2. The SMILES string of the molecule is CCSC(SCC)C(=O)[C@H]1COC(C)(C)O1.